The maximum Gasteiger partial charge on any atom is 0.339 e. The van der Waals surface area contributed by atoms with Gasteiger partial charge in [-0.2, -0.15) is 0 Å². The third kappa shape index (κ3) is 1.82. The lowest BCUT2D eigenvalue weighted by molar-refractivity contribution is 0.0599. The molecule has 0 atom stereocenters. The molecule has 0 aliphatic rings. The largest absolute Gasteiger partial charge is 0.504 e. The molecule has 0 saturated heterocycles. The monoisotopic (exact) mass is 250 g/mol. The predicted molar refractivity (Wildman–Crippen MR) is 55.9 cm³/mol. The molecular formula is C9H8Cl2O4. The zero-order valence-corrected chi connectivity index (χ0v) is 9.48. The number of halogens is 2. The summed E-state index contributed by atoms with van der Waals surface area (Å²) in [5.41, 5.74) is 0.0632. The zero-order chi connectivity index (χ0) is 11.7. The summed E-state index contributed by atoms with van der Waals surface area (Å²) >= 11 is 11.4. The summed E-state index contributed by atoms with van der Waals surface area (Å²) in [6.07, 6.45) is 0. The molecule has 0 heterocycles. The Morgan fingerprint density at radius 3 is 2.20 bits per heavy atom. The van der Waals surface area contributed by atoms with Crippen LogP contribution >= 0.6 is 23.2 Å². The molecule has 2 N–H and O–H groups in total. The molecule has 6 heteroatoms. The van der Waals surface area contributed by atoms with Crippen LogP contribution in [0.15, 0.2) is 0 Å². The average molecular weight is 251 g/mol. The van der Waals surface area contributed by atoms with Crippen molar-refractivity contribution in [1.29, 1.82) is 0 Å². The first-order valence-corrected chi connectivity index (χ1v) is 4.65. The minimum Gasteiger partial charge on any atom is -0.504 e. The number of hydrogen-bond donors (Lipinski definition) is 2. The Balaban J connectivity index is 3.60. The lowest BCUT2D eigenvalue weighted by Crippen LogP contribution is -2.05. The molecule has 0 radical (unpaired) electrons. The van der Waals surface area contributed by atoms with Crippen LogP contribution in [0.25, 0.3) is 0 Å². The van der Waals surface area contributed by atoms with Crippen molar-refractivity contribution in [3.05, 3.63) is 21.2 Å². The molecular weight excluding hydrogens is 243 g/mol. The second kappa shape index (κ2) is 4.16. The van der Waals surface area contributed by atoms with Gasteiger partial charge in [0.2, 0.25) is 0 Å². The fraction of sp³-hybridized carbons (Fsp3) is 0.222. The molecule has 0 aliphatic heterocycles. The predicted octanol–water partition coefficient (Wildman–Crippen LogP) is 2.50. The van der Waals surface area contributed by atoms with E-state index in [0.29, 0.717) is 0 Å². The molecule has 15 heavy (non-hydrogen) atoms. The van der Waals surface area contributed by atoms with E-state index >= 15 is 0 Å². The molecule has 1 aromatic rings. The number of phenols is 2. The number of esters is 1. The van der Waals surface area contributed by atoms with E-state index in [0.717, 1.165) is 0 Å². The molecule has 0 aromatic heterocycles. The third-order valence-electron chi connectivity index (χ3n) is 1.96. The molecule has 0 bridgehead atoms. The number of methoxy groups -OCH3 is 1. The van der Waals surface area contributed by atoms with E-state index in [-0.39, 0.29) is 21.2 Å². The van der Waals surface area contributed by atoms with Crippen molar-refractivity contribution in [1.82, 2.24) is 0 Å². The van der Waals surface area contributed by atoms with Gasteiger partial charge in [-0.05, 0) is 6.92 Å². The van der Waals surface area contributed by atoms with Gasteiger partial charge in [-0.15, -0.1) is 0 Å². The second-order valence-electron chi connectivity index (χ2n) is 2.82. The summed E-state index contributed by atoms with van der Waals surface area (Å²) in [4.78, 5) is 11.3. The van der Waals surface area contributed by atoms with Gasteiger partial charge in [-0.3, -0.25) is 0 Å². The fourth-order valence-electron chi connectivity index (χ4n) is 1.12. The third-order valence-corrected chi connectivity index (χ3v) is 2.81. The van der Waals surface area contributed by atoms with E-state index < -0.39 is 17.5 Å². The van der Waals surface area contributed by atoms with Crippen molar-refractivity contribution in [2.45, 2.75) is 6.92 Å². The van der Waals surface area contributed by atoms with E-state index in [1.807, 2.05) is 0 Å². The molecule has 4 nitrogen and oxygen atoms in total. The Bertz CT molecular complexity index is 400. The van der Waals surface area contributed by atoms with Crippen molar-refractivity contribution in [3.8, 4) is 11.5 Å². The Labute approximate surface area is 96.0 Å². The molecule has 0 aliphatic carbocycles. The number of benzene rings is 1. The summed E-state index contributed by atoms with van der Waals surface area (Å²) in [6, 6.07) is 0. The number of carbonyl (C=O) groups excluding carboxylic acids is 1. The van der Waals surface area contributed by atoms with Gasteiger partial charge >= 0.3 is 5.97 Å². The Morgan fingerprint density at radius 2 is 1.73 bits per heavy atom. The first kappa shape index (κ1) is 11.9. The minimum atomic E-state index is -0.727. The highest BCUT2D eigenvalue weighted by Crippen LogP contribution is 2.43. The summed E-state index contributed by atoms with van der Waals surface area (Å²) < 4.78 is 4.47. The van der Waals surface area contributed by atoms with Crippen molar-refractivity contribution in [2.24, 2.45) is 0 Å². The van der Waals surface area contributed by atoms with Crippen LogP contribution in [0.5, 0.6) is 11.5 Å². The lowest BCUT2D eigenvalue weighted by atomic mass is 10.1. The van der Waals surface area contributed by atoms with E-state index in [1.54, 1.807) is 0 Å². The highest BCUT2D eigenvalue weighted by molar-refractivity contribution is 6.45. The summed E-state index contributed by atoms with van der Waals surface area (Å²) in [5, 5.41) is 18.3. The van der Waals surface area contributed by atoms with Crippen molar-refractivity contribution in [3.63, 3.8) is 0 Å². The SMILES string of the molecule is COC(=O)c1c(C)c(O)c(O)c(Cl)c1Cl. The van der Waals surface area contributed by atoms with Crippen LogP contribution in [0.2, 0.25) is 10.0 Å². The number of carbonyl (C=O) groups is 1. The van der Waals surface area contributed by atoms with Crippen LogP contribution in [-0.4, -0.2) is 23.3 Å². The van der Waals surface area contributed by atoms with Crippen LogP contribution in [0.1, 0.15) is 15.9 Å². The Hall–Kier alpha value is -1.13. The van der Waals surface area contributed by atoms with Crippen LogP contribution in [-0.2, 0) is 4.74 Å². The zero-order valence-electron chi connectivity index (χ0n) is 7.97. The number of rotatable bonds is 1. The Morgan fingerprint density at radius 1 is 1.20 bits per heavy atom. The molecule has 0 saturated carbocycles. The van der Waals surface area contributed by atoms with Crippen molar-refractivity contribution in [2.75, 3.05) is 7.11 Å². The van der Waals surface area contributed by atoms with E-state index in [1.165, 1.54) is 14.0 Å². The van der Waals surface area contributed by atoms with Crippen LogP contribution < -0.4 is 0 Å². The van der Waals surface area contributed by atoms with E-state index in [2.05, 4.69) is 4.74 Å². The fourth-order valence-corrected chi connectivity index (χ4v) is 1.62. The van der Waals surface area contributed by atoms with Crippen LogP contribution in [0.3, 0.4) is 0 Å². The number of ether oxygens (including phenoxy) is 1. The van der Waals surface area contributed by atoms with E-state index in [9.17, 15) is 15.0 Å². The molecule has 1 aromatic carbocycles. The number of aromatic hydroxyl groups is 2. The summed E-state index contributed by atoms with van der Waals surface area (Å²) in [6.45, 7) is 1.42. The van der Waals surface area contributed by atoms with Gasteiger partial charge in [0.25, 0.3) is 0 Å². The highest BCUT2D eigenvalue weighted by atomic mass is 35.5. The van der Waals surface area contributed by atoms with Gasteiger partial charge in [0.15, 0.2) is 11.5 Å². The lowest BCUT2D eigenvalue weighted by Gasteiger charge is -2.11. The van der Waals surface area contributed by atoms with Gasteiger partial charge < -0.3 is 14.9 Å². The van der Waals surface area contributed by atoms with Gasteiger partial charge in [0, 0.05) is 5.56 Å². The first-order valence-electron chi connectivity index (χ1n) is 3.89. The first-order chi connectivity index (χ1) is 6.91. The van der Waals surface area contributed by atoms with Crippen LogP contribution in [0.4, 0.5) is 0 Å². The highest BCUT2D eigenvalue weighted by Gasteiger charge is 2.23. The maximum atomic E-state index is 11.3. The van der Waals surface area contributed by atoms with E-state index in [4.69, 9.17) is 23.2 Å². The number of hydrogen-bond acceptors (Lipinski definition) is 4. The Kier molecular flexibility index (Phi) is 3.31. The van der Waals surface area contributed by atoms with Crippen molar-refractivity contribution >= 4 is 29.2 Å². The number of phenolic OH excluding ortho intramolecular Hbond substituents is 2. The molecule has 0 spiro atoms. The van der Waals surface area contributed by atoms with Crippen molar-refractivity contribution < 1.29 is 19.7 Å². The molecule has 0 fully saturated rings. The van der Waals surface area contributed by atoms with Gasteiger partial charge in [0.1, 0.15) is 5.02 Å². The molecule has 1 rings (SSSR count). The normalized spacial score (nSPS) is 10.1. The second-order valence-corrected chi connectivity index (χ2v) is 3.57. The smallest absolute Gasteiger partial charge is 0.339 e. The minimum absolute atomic E-state index is 0.0560. The molecule has 0 unspecified atom stereocenters. The van der Waals surface area contributed by atoms with Gasteiger partial charge in [0.05, 0.1) is 17.7 Å². The van der Waals surface area contributed by atoms with Gasteiger partial charge in [-0.1, -0.05) is 23.2 Å². The average Bonchev–Trinajstić information content (AvgIpc) is 2.23. The quantitative estimate of drug-likeness (QED) is 0.594. The molecule has 0 amide bonds. The molecule has 82 valence electrons. The standard InChI is InChI=1S/C9H8Cl2O4/c1-3-4(9(14)15-2)5(10)6(11)8(13)7(3)12/h12-13H,1-2H3. The maximum absolute atomic E-state index is 11.3. The summed E-state index contributed by atoms with van der Waals surface area (Å²) in [5.74, 6) is -1.76. The van der Waals surface area contributed by atoms with Crippen LogP contribution in [0, 0.1) is 6.92 Å². The summed E-state index contributed by atoms with van der Waals surface area (Å²) in [7, 11) is 1.18. The van der Waals surface area contributed by atoms with Gasteiger partial charge in [-0.25, -0.2) is 4.79 Å². The topological polar surface area (TPSA) is 66.8 Å².